The van der Waals surface area contributed by atoms with Crippen molar-refractivity contribution < 1.29 is 19.5 Å². The molecule has 3 saturated heterocycles. The normalized spacial score (nSPS) is 29.8. The molecule has 5 atom stereocenters. The third-order valence-electron chi connectivity index (χ3n) is 8.37. The number of carbonyl (C=O) groups excluding carboxylic acids is 3. The van der Waals surface area contributed by atoms with Gasteiger partial charge in [0.25, 0.3) is 0 Å². The number of carbonyl (C=O) groups is 3. The molecule has 1 N–H and O–H groups in total. The van der Waals surface area contributed by atoms with E-state index >= 15 is 0 Å². The van der Waals surface area contributed by atoms with Crippen molar-refractivity contribution in [3.05, 3.63) is 55.6 Å². The van der Waals surface area contributed by atoms with Gasteiger partial charge < -0.3 is 19.8 Å². The summed E-state index contributed by atoms with van der Waals surface area (Å²) in [5.74, 6) is -1.52. The number of hydrogen-bond acceptors (Lipinski definition) is 5. The van der Waals surface area contributed by atoms with Crippen LogP contribution in [0.3, 0.4) is 0 Å². The van der Waals surface area contributed by atoms with Gasteiger partial charge in [0.2, 0.25) is 17.7 Å². The Labute approximate surface area is 230 Å². The molecule has 8 heteroatoms. The average molecular weight is 540 g/mol. The number of benzene rings is 1. The molecule has 206 valence electrons. The second-order valence-electron chi connectivity index (χ2n) is 11.8. The first-order valence-electron chi connectivity index (χ1n) is 13.5. The van der Waals surface area contributed by atoms with E-state index in [0.29, 0.717) is 25.9 Å². The molecule has 3 amide bonds. The van der Waals surface area contributed by atoms with E-state index in [1.807, 2.05) is 51.1 Å². The van der Waals surface area contributed by atoms with Crippen LogP contribution in [0.25, 0.3) is 0 Å². The summed E-state index contributed by atoms with van der Waals surface area (Å²) < 4.78 is -1.15. The van der Waals surface area contributed by atoms with E-state index in [9.17, 15) is 19.5 Å². The van der Waals surface area contributed by atoms with Crippen LogP contribution in [-0.2, 0) is 14.4 Å². The molecule has 1 aromatic rings. The predicted octanol–water partition coefficient (Wildman–Crippen LogP) is 3.88. The van der Waals surface area contributed by atoms with Crippen molar-refractivity contribution in [1.29, 1.82) is 0 Å². The summed E-state index contributed by atoms with van der Waals surface area (Å²) in [5, 5.41) is 9.61. The standard InChI is InChI=1S/C30H41N3O4S/c1-7-17-31(21-13-10-9-11-14-21)25(35)22-23-26(36)32(19-12-20-34)24(30(23)16-15-29(22,6)38-30)27(37)33(18-8-2)28(3,4)5/h7-11,13-14,22-24,34H,1-2,12,15-20H2,3-6H3/t22-,23+,24?,29+,30?/m1/s1. The Morgan fingerprint density at radius 1 is 1.13 bits per heavy atom. The third-order valence-corrected chi connectivity index (χ3v) is 10.4. The minimum Gasteiger partial charge on any atom is -0.396 e. The van der Waals surface area contributed by atoms with Crippen molar-refractivity contribution in [1.82, 2.24) is 9.80 Å². The molecule has 3 heterocycles. The van der Waals surface area contributed by atoms with Gasteiger partial charge in [-0.25, -0.2) is 0 Å². The van der Waals surface area contributed by atoms with Gasteiger partial charge in [-0.1, -0.05) is 30.4 Å². The SMILES string of the molecule is C=CCN(C(=O)[C@H]1[C@H]2C(=O)N(CCCO)C(C(=O)N(CC=C)C(C)(C)C)C23CC[C@]1(C)S3)c1ccccc1. The molecule has 3 aliphatic heterocycles. The molecule has 0 radical (unpaired) electrons. The largest absolute Gasteiger partial charge is 0.396 e. The fourth-order valence-electron chi connectivity index (χ4n) is 6.76. The molecule has 1 aromatic carbocycles. The van der Waals surface area contributed by atoms with Gasteiger partial charge in [0.05, 0.1) is 16.6 Å². The van der Waals surface area contributed by atoms with Crippen molar-refractivity contribution in [2.45, 2.75) is 68.0 Å². The van der Waals surface area contributed by atoms with Crippen molar-refractivity contribution in [3.8, 4) is 0 Å². The molecular formula is C30H41N3O4S. The van der Waals surface area contributed by atoms with E-state index in [-0.39, 0.29) is 30.9 Å². The van der Waals surface area contributed by atoms with Crippen LogP contribution in [0.4, 0.5) is 5.69 Å². The van der Waals surface area contributed by atoms with Crippen LogP contribution in [0.5, 0.6) is 0 Å². The maximum Gasteiger partial charge on any atom is 0.247 e. The lowest BCUT2D eigenvalue weighted by Crippen LogP contribution is -2.59. The minimum atomic E-state index is -0.695. The van der Waals surface area contributed by atoms with E-state index in [0.717, 1.165) is 12.1 Å². The Bertz CT molecular complexity index is 1100. The lowest BCUT2D eigenvalue weighted by molar-refractivity contribution is -0.145. The minimum absolute atomic E-state index is 0.0770. The maximum atomic E-state index is 14.4. The highest BCUT2D eigenvalue weighted by Crippen LogP contribution is 2.71. The monoisotopic (exact) mass is 539 g/mol. The summed E-state index contributed by atoms with van der Waals surface area (Å²) in [5.41, 5.74) is 0.295. The van der Waals surface area contributed by atoms with Gasteiger partial charge in [0.1, 0.15) is 6.04 Å². The van der Waals surface area contributed by atoms with Crippen LogP contribution in [0.1, 0.15) is 47.0 Å². The van der Waals surface area contributed by atoms with Gasteiger partial charge in [-0.3, -0.25) is 14.4 Å². The predicted molar refractivity (Wildman–Crippen MR) is 153 cm³/mol. The number of amides is 3. The molecule has 0 saturated carbocycles. The topological polar surface area (TPSA) is 81.2 Å². The smallest absolute Gasteiger partial charge is 0.247 e. The zero-order valence-electron chi connectivity index (χ0n) is 23.1. The van der Waals surface area contributed by atoms with Crippen LogP contribution >= 0.6 is 11.8 Å². The van der Waals surface area contributed by atoms with Gasteiger partial charge in [-0.15, -0.1) is 24.9 Å². The lowest BCUT2D eigenvalue weighted by Gasteiger charge is -2.42. The van der Waals surface area contributed by atoms with E-state index in [1.165, 1.54) is 0 Å². The number of para-hydroxylation sites is 1. The first-order chi connectivity index (χ1) is 18.0. The zero-order chi connectivity index (χ0) is 27.9. The average Bonchev–Trinajstić information content (AvgIpc) is 3.44. The quantitative estimate of drug-likeness (QED) is 0.457. The summed E-state index contributed by atoms with van der Waals surface area (Å²) >= 11 is 1.67. The third kappa shape index (κ3) is 4.49. The fourth-order valence-corrected chi connectivity index (χ4v) is 9.11. The summed E-state index contributed by atoms with van der Waals surface area (Å²) in [6.45, 7) is 16.7. The van der Waals surface area contributed by atoms with Crippen molar-refractivity contribution in [2.75, 3.05) is 31.1 Å². The van der Waals surface area contributed by atoms with Crippen LogP contribution in [0, 0.1) is 11.8 Å². The van der Waals surface area contributed by atoms with E-state index < -0.39 is 32.9 Å². The first kappa shape index (κ1) is 28.4. The number of rotatable bonds is 10. The second-order valence-corrected chi connectivity index (χ2v) is 13.7. The van der Waals surface area contributed by atoms with Gasteiger partial charge in [-0.05, 0) is 59.1 Å². The highest BCUT2D eigenvalue weighted by Gasteiger charge is 2.77. The number of likely N-dealkylation sites (tertiary alicyclic amines) is 1. The summed E-state index contributed by atoms with van der Waals surface area (Å²) in [4.78, 5) is 48.1. The molecule has 1 spiro atoms. The molecule has 2 bridgehead atoms. The van der Waals surface area contributed by atoms with Gasteiger partial charge in [0, 0.05) is 42.2 Å². The molecule has 7 nitrogen and oxygen atoms in total. The fraction of sp³-hybridized carbons (Fsp3) is 0.567. The molecule has 2 unspecified atom stereocenters. The number of anilines is 1. The van der Waals surface area contributed by atoms with E-state index in [4.69, 9.17) is 0 Å². The number of thioether (sulfide) groups is 1. The number of aliphatic hydroxyl groups excluding tert-OH is 1. The Morgan fingerprint density at radius 2 is 1.79 bits per heavy atom. The second kappa shape index (κ2) is 10.5. The number of hydrogen-bond donors (Lipinski definition) is 1. The molecule has 38 heavy (non-hydrogen) atoms. The number of nitrogens with zero attached hydrogens (tertiary/aromatic N) is 3. The molecule has 3 fully saturated rings. The molecule has 3 aliphatic rings. The molecule has 0 aromatic heterocycles. The van der Waals surface area contributed by atoms with Gasteiger partial charge in [0.15, 0.2) is 0 Å². The van der Waals surface area contributed by atoms with Crippen LogP contribution in [0.15, 0.2) is 55.6 Å². The van der Waals surface area contributed by atoms with E-state index in [2.05, 4.69) is 20.1 Å². The molecule has 4 rings (SSSR count). The highest BCUT2D eigenvalue weighted by atomic mass is 32.2. The Balaban J connectivity index is 1.80. The number of aliphatic hydroxyl groups is 1. The molecular weight excluding hydrogens is 498 g/mol. The summed E-state index contributed by atoms with van der Waals surface area (Å²) in [6.07, 6.45) is 5.24. The van der Waals surface area contributed by atoms with Gasteiger partial charge in [-0.2, -0.15) is 0 Å². The Kier molecular flexibility index (Phi) is 7.88. The van der Waals surface area contributed by atoms with E-state index in [1.54, 1.807) is 38.6 Å². The summed E-state index contributed by atoms with van der Waals surface area (Å²) in [7, 11) is 0. The number of fused-ring (bicyclic) bond motifs is 1. The van der Waals surface area contributed by atoms with Crippen LogP contribution in [0.2, 0.25) is 0 Å². The molecule has 0 aliphatic carbocycles. The zero-order valence-corrected chi connectivity index (χ0v) is 23.9. The highest BCUT2D eigenvalue weighted by molar-refractivity contribution is 8.02. The Morgan fingerprint density at radius 3 is 2.37 bits per heavy atom. The van der Waals surface area contributed by atoms with Crippen LogP contribution in [-0.4, -0.2) is 79.9 Å². The Hall–Kier alpha value is -2.58. The van der Waals surface area contributed by atoms with Crippen molar-refractivity contribution in [2.24, 2.45) is 11.8 Å². The lowest BCUT2D eigenvalue weighted by atomic mass is 9.66. The summed E-state index contributed by atoms with van der Waals surface area (Å²) in [6, 6.07) is 8.79. The van der Waals surface area contributed by atoms with Crippen LogP contribution < -0.4 is 4.90 Å². The van der Waals surface area contributed by atoms with Crippen molar-refractivity contribution in [3.63, 3.8) is 0 Å². The van der Waals surface area contributed by atoms with Gasteiger partial charge >= 0.3 is 0 Å². The van der Waals surface area contributed by atoms with Crippen molar-refractivity contribution >= 4 is 35.2 Å². The maximum absolute atomic E-state index is 14.4. The first-order valence-corrected chi connectivity index (χ1v) is 14.3.